The van der Waals surface area contributed by atoms with E-state index in [1.54, 1.807) is 12.1 Å². The number of rotatable bonds is 5. The molecular formula is C15H20ClNO3. The van der Waals surface area contributed by atoms with E-state index in [4.69, 9.17) is 21.1 Å². The van der Waals surface area contributed by atoms with Gasteiger partial charge in [0.2, 0.25) is 0 Å². The van der Waals surface area contributed by atoms with Gasteiger partial charge in [-0.1, -0.05) is 23.7 Å². The summed E-state index contributed by atoms with van der Waals surface area (Å²) in [6.07, 6.45) is 2.25. The molecule has 1 aromatic carbocycles. The highest BCUT2D eigenvalue weighted by Gasteiger charge is 2.36. The van der Waals surface area contributed by atoms with Crippen LogP contribution in [0.3, 0.4) is 0 Å². The number of nitrogens with one attached hydrogen (secondary N) is 1. The number of benzene rings is 1. The first kappa shape index (κ1) is 15.3. The third kappa shape index (κ3) is 3.32. The van der Waals surface area contributed by atoms with Gasteiger partial charge >= 0.3 is 5.97 Å². The summed E-state index contributed by atoms with van der Waals surface area (Å²) in [6, 6.07) is 7.21. The van der Waals surface area contributed by atoms with E-state index in [0.29, 0.717) is 11.6 Å². The van der Waals surface area contributed by atoms with Crippen LogP contribution in [-0.2, 0) is 19.8 Å². The number of hydrogen-bond donors (Lipinski definition) is 1. The first-order valence-corrected chi connectivity index (χ1v) is 7.15. The minimum absolute atomic E-state index is 0.159. The topological polar surface area (TPSA) is 47.6 Å². The van der Waals surface area contributed by atoms with Gasteiger partial charge in [-0.3, -0.25) is 5.32 Å². The maximum atomic E-state index is 12.2. The van der Waals surface area contributed by atoms with Crippen molar-refractivity contribution < 1.29 is 14.3 Å². The molecule has 1 N–H and O–H groups in total. The summed E-state index contributed by atoms with van der Waals surface area (Å²) in [5.41, 5.74) is -0.0718. The normalized spacial score (nSPS) is 21.4. The maximum absolute atomic E-state index is 12.2. The van der Waals surface area contributed by atoms with Gasteiger partial charge in [-0.2, -0.15) is 0 Å². The average molecular weight is 298 g/mol. The Balaban J connectivity index is 2.15. The fraction of sp³-hybridized carbons (Fsp3) is 0.533. The Bertz CT molecular complexity index is 457. The molecule has 0 amide bonds. The van der Waals surface area contributed by atoms with E-state index in [2.05, 4.69) is 5.32 Å². The second-order valence-electron chi connectivity index (χ2n) is 5.14. The van der Waals surface area contributed by atoms with Crippen LogP contribution in [0.15, 0.2) is 24.3 Å². The standard InChI is InChI=1S/C15H20ClNO3/c1-15(14(18)19-2,11-5-7-12(16)8-6-11)17-10-13-4-3-9-20-13/h5-8,13,17H,3-4,9-10H2,1-2H3. The van der Waals surface area contributed by atoms with E-state index in [-0.39, 0.29) is 12.1 Å². The summed E-state index contributed by atoms with van der Waals surface area (Å²) in [7, 11) is 1.39. The Hall–Kier alpha value is -1.10. The molecular weight excluding hydrogens is 278 g/mol. The minimum atomic E-state index is -0.898. The van der Waals surface area contributed by atoms with Gasteiger partial charge in [0.25, 0.3) is 0 Å². The van der Waals surface area contributed by atoms with Crippen LogP contribution in [0.25, 0.3) is 0 Å². The molecule has 5 heteroatoms. The molecule has 110 valence electrons. The molecule has 1 fully saturated rings. The number of carbonyl (C=O) groups excluding carboxylic acids is 1. The van der Waals surface area contributed by atoms with E-state index in [9.17, 15) is 4.79 Å². The lowest BCUT2D eigenvalue weighted by Crippen LogP contribution is -2.49. The van der Waals surface area contributed by atoms with Gasteiger partial charge in [0.15, 0.2) is 0 Å². The molecule has 0 aliphatic carbocycles. The zero-order valence-corrected chi connectivity index (χ0v) is 12.6. The predicted molar refractivity (Wildman–Crippen MR) is 77.8 cm³/mol. The molecule has 1 aliphatic heterocycles. The first-order valence-electron chi connectivity index (χ1n) is 6.77. The van der Waals surface area contributed by atoms with E-state index >= 15 is 0 Å². The Labute approximate surface area is 124 Å². The predicted octanol–water partition coefficient (Wildman–Crippen LogP) is 2.50. The summed E-state index contributed by atoms with van der Waals surface area (Å²) >= 11 is 5.90. The van der Waals surface area contributed by atoms with Crippen LogP contribution in [0.1, 0.15) is 25.3 Å². The van der Waals surface area contributed by atoms with E-state index in [0.717, 1.165) is 25.0 Å². The molecule has 2 rings (SSSR count). The maximum Gasteiger partial charge on any atom is 0.330 e. The fourth-order valence-electron chi connectivity index (χ4n) is 2.40. The largest absolute Gasteiger partial charge is 0.467 e. The van der Waals surface area contributed by atoms with Crippen molar-refractivity contribution >= 4 is 17.6 Å². The second kappa shape index (κ2) is 6.57. The molecule has 1 heterocycles. The van der Waals surface area contributed by atoms with Crippen molar-refractivity contribution in [3.05, 3.63) is 34.9 Å². The third-order valence-electron chi connectivity index (χ3n) is 3.72. The molecule has 0 aromatic heterocycles. The van der Waals surface area contributed by atoms with Crippen LogP contribution in [-0.4, -0.2) is 32.3 Å². The van der Waals surface area contributed by atoms with Gasteiger partial charge in [0, 0.05) is 18.2 Å². The third-order valence-corrected chi connectivity index (χ3v) is 3.97. The first-order chi connectivity index (χ1) is 9.56. The quantitative estimate of drug-likeness (QED) is 0.848. The zero-order chi connectivity index (χ0) is 14.6. The van der Waals surface area contributed by atoms with Crippen molar-refractivity contribution in [2.75, 3.05) is 20.3 Å². The minimum Gasteiger partial charge on any atom is -0.467 e. The number of halogens is 1. The van der Waals surface area contributed by atoms with Crippen molar-refractivity contribution in [2.45, 2.75) is 31.4 Å². The highest BCUT2D eigenvalue weighted by molar-refractivity contribution is 6.30. The van der Waals surface area contributed by atoms with Crippen LogP contribution in [0.2, 0.25) is 5.02 Å². The highest BCUT2D eigenvalue weighted by Crippen LogP contribution is 2.25. The average Bonchev–Trinajstić information content (AvgIpc) is 2.98. The number of ether oxygens (including phenoxy) is 2. The Morgan fingerprint density at radius 1 is 1.50 bits per heavy atom. The van der Waals surface area contributed by atoms with Crippen LogP contribution in [0.5, 0.6) is 0 Å². The molecule has 4 nitrogen and oxygen atoms in total. The molecule has 2 unspecified atom stereocenters. The molecule has 1 saturated heterocycles. The molecule has 0 radical (unpaired) electrons. The summed E-state index contributed by atoms with van der Waals surface area (Å²) in [6.45, 7) is 3.23. The van der Waals surface area contributed by atoms with Gasteiger partial charge in [0.05, 0.1) is 13.2 Å². The van der Waals surface area contributed by atoms with Crippen LogP contribution in [0, 0.1) is 0 Å². The Morgan fingerprint density at radius 2 is 2.20 bits per heavy atom. The smallest absolute Gasteiger partial charge is 0.330 e. The monoisotopic (exact) mass is 297 g/mol. The number of esters is 1. The SMILES string of the molecule is COC(=O)C(C)(NCC1CCCO1)c1ccc(Cl)cc1. The molecule has 0 saturated carbocycles. The van der Waals surface area contributed by atoms with Crippen molar-refractivity contribution in [1.29, 1.82) is 0 Å². The molecule has 0 bridgehead atoms. The van der Waals surface area contributed by atoms with Crippen LogP contribution >= 0.6 is 11.6 Å². The van der Waals surface area contributed by atoms with Gasteiger partial charge in [0.1, 0.15) is 5.54 Å². The van der Waals surface area contributed by atoms with E-state index in [1.807, 2.05) is 19.1 Å². The van der Waals surface area contributed by atoms with Crippen molar-refractivity contribution in [1.82, 2.24) is 5.32 Å². The van der Waals surface area contributed by atoms with E-state index < -0.39 is 5.54 Å². The van der Waals surface area contributed by atoms with Gasteiger partial charge in [-0.05, 0) is 37.5 Å². The summed E-state index contributed by atoms with van der Waals surface area (Å²) in [5, 5.41) is 3.92. The molecule has 0 spiro atoms. The van der Waals surface area contributed by atoms with Crippen molar-refractivity contribution in [3.63, 3.8) is 0 Å². The van der Waals surface area contributed by atoms with Crippen LogP contribution in [0.4, 0.5) is 0 Å². The van der Waals surface area contributed by atoms with E-state index in [1.165, 1.54) is 7.11 Å². The Morgan fingerprint density at radius 3 is 2.75 bits per heavy atom. The van der Waals surface area contributed by atoms with Gasteiger partial charge < -0.3 is 9.47 Å². The van der Waals surface area contributed by atoms with Crippen LogP contribution < -0.4 is 5.32 Å². The molecule has 20 heavy (non-hydrogen) atoms. The lowest BCUT2D eigenvalue weighted by molar-refractivity contribution is -0.148. The molecule has 1 aliphatic rings. The summed E-state index contributed by atoms with van der Waals surface area (Å²) in [5.74, 6) is -0.321. The second-order valence-corrected chi connectivity index (χ2v) is 5.58. The molecule has 1 aromatic rings. The number of methoxy groups -OCH3 is 1. The van der Waals surface area contributed by atoms with Gasteiger partial charge in [-0.15, -0.1) is 0 Å². The van der Waals surface area contributed by atoms with Crippen molar-refractivity contribution in [3.8, 4) is 0 Å². The zero-order valence-electron chi connectivity index (χ0n) is 11.8. The summed E-state index contributed by atoms with van der Waals surface area (Å²) in [4.78, 5) is 12.2. The molecule has 2 atom stereocenters. The summed E-state index contributed by atoms with van der Waals surface area (Å²) < 4.78 is 10.5. The number of carbonyl (C=O) groups is 1. The van der Waals surface area contributed by atoms with Gasteiger partial charge in [-0.25, -0.2) is 4.79 Å². The van der Waals surface area contributed by atoms with Crippen molar-refractivity contribution in [2.24, 2.45) is 0 Å². The lowest BCUT2D eigenvalue weighted by atomic mass is 9.91. The fourth-order valence-corrected chi connectivity index (χ4v) is 2.53. The highest BCUT2D eigenvalue weighted by atomic mass is 35.5. The Kier molecular flexibility index (Phi) is 5.02. The number of hydrogen-bond acceptors (Lipinski definition) is 4. The lowest BCUT2D eigenvalue weighted by Gasteiger charge is -2.29.